The summed E-state index contributed by atoms with van der Waals surface area (Å²) in [7, 11) is 1.65. The summed E-state index contributed by atoms with van der Waals surface area (Å²) in [6.07, 6.45) is 0. The van der Waals surface area contributed by atoms with E-state index in [0.717, 1.165) is 48.4 Å². The Kier molecular flexibility index (Phi) is 5.05. The minimum atomic E-state index is 0.324. The number of phenols is 1. The van der Waals surface area contributed by atoms with E-state index in [1.165, 1.54) is 0 Å². The third-order valence-electron chi connectivity index (χ3n) is 4.13. The van der Waals surface area contributed by atoms with Crippen LogP contribution in [0.5, 0.6) is 11.5 Å². The van der Waals surface area contributed by atoms with Crippen LogP contribution in [0.1, 0.15) is 0 Å². The summed E-state index contributed by atoms with van der Waals surface area (Å²) in [4.78, 5) is 4.33. The Balaban J connectivity index is 1.56. The molecule has 0 aromatic heterocycles. The second-order valence-electron chi connectivity index (χ2n) is 5.62. The fourth-order valence-electron chi connectivity index (χ4n) is 2.76. The lowest BCUT2D eigenvalue weighted by atomic mass is 10.2. The maximum absolute atomic E-state index is 9.97. The molecule has 0 unspecified atom stereocenters. The van der Waals surface area contributed by atoms with Gasteiger partial charge >= 0.3 is 0 Å². The summed E-state index contributed by atoms with van der Waals surface area (Å²) in [5.74, 6) is 1.15. The Hall–Kier alpha value is -2.47. The quantitative estimate of drug-likeness (QED) is 0.836. The van der Waals surface area contributed by atoms with Gasteiger partial charge in [-0.2, -0.15) is 0 Å². The third kappa shape index (κ3) is 3.71. The first-order valence-corrected chi connectivity index (χ1v) is 8.31. The fraction of sp³-hybridized carbons (Fsp3) is 0.278. The van der Waals surface area contributed by atoms with Gasteiger partial charge in [-0.1, -0.05) is 12.1 Å². The van der Waals surface area contributed by atoms with Crippen LogP contribution in [-0.2, 0) is 0 Å². The number of phenolic OH excluding ortho intramolecular Hbond substituents is 1. The molecule has 0 spiro atoms. The van der Waals surface area contributed by atoms with Crippen LogP contribution >= 0.6 is 12.2 Å². The van der Waals surface area contributed by atoms with Gasteiger partial charge < -0.3 is 25.0 Å². The molecule has 0 saturated carbocycles. The summed E-state index contributed by atoms with van der Waals surface area (Å²) >= 11 is 5.51. The third-order valence-corrected chi connectivity index (χ3v) is 4.49. The molecule has 126 valence electrons. The number of hydrogen-bond acceptors (Lipinski definition) is 4. The van der Waals surface area contributed by atoms with Crippen molar-refractivity contribution < 1.29 is 9.84 Å². The van der Waals surface area contributed by atoms with E-state index < -0.39 is 0 Å². The van der Waals surface area contributed by atoms with Gasteiger partial charge in [0.25, 0.3) is 0 Å². The SMILES string of the molecule is COc1ccc(NC(=S)N2CCN(c3ccccc3O)CC2)cc1. The molecule has 2 N–H and O–H groups in total. The summed E-state index contributed by atoms with van der Waals surface area (Å²) in [5, 5.41) is 14.0. The van der Waals surface area contributed by atoms with Crippen molar-refractivity contribution in [1.82, 2.24) is 4.90 Å². The van der Waals surface area contributed by atoms with E-state index in [1.807, 2.05) is 42.5 Å². The van der Waals surface area contributed by atoms with Crippen molar-refractivity contribution in [2.45, 2.75) is 0 Å². The number of nitrogens with zero attached hydrogens (tertiary/aromatic N) is 2. The minimum absolute atomic E-state index is 0.324. The van der Waals surface area contributed by atoms with Gasteiger partial charge in [-0.25, -0.2) is 0 Å². The highest BCUT2D eigenvalue weighted by atomic mass is 32.1. The number of benzene rings is 2. The van der Waals surface area contributed by atoms with Crippen LogP contribution in [0.15, 0.2) is 48.5 Å². The van der Waals surface area contributed by atoms with Gasteiger partial charge in [0, 0.05) is 31.9 Å². The molecule has 1 aliphatic heterocycles. The van der Waals surface area contributed by atoms with E-state index in [4.69, 9.17) is 17.0 Å². The highest BCUT2D eigenvalue weighted by Crippen LogP contribution is 2.27. The van der Waals surface area contributed by atoms with Crippen molar-refractivity contribution >= 4 is 28.7 Å². The number of rotatable bonds is 3. The Morgan fingerprint density at radius 2 is 1.71 bits per heavy atom. The number of nitrogens with one attached hydrogen (secondary N) is 1. The molecule has 24 heavy (non-hydrogen) atoms. The van der Waals surface area contributed by atoms with Crippen LogP contribution < -0.4 is 15.0 Å². The summed E-state index contributed by atoms with van der Waals surface area (Å²) in [6.45, 7) is 3.27. The lowest BCUT2D eigenvalue weighted by Gasteiger charge is -2.37. The van der Waals surface area contributed by atoms with Crippen molar-refractivity contribution in [3.8, 4) is 11.5 Å². The predicted molar refractivity (Wildman–Crippen MR) is 101 cm³/mol. The molecular weight excluding hydrogens is 322 g/mol. The number of para-hydroxylation sites is 2. The van der Waals surface area contributed by atoms with E-state index >= 15 is 0 Å². The van der Waals surface area contributed by atoms with Gasteiger partial charge in [0.05, 0.1) is 12.8 Å². The van der Waals surface area contributed by atoms with Gasteiger partial charge in [-0.3, -0.25) is 0 Å². The van der Waals surface area contributed by atoms with Gasteiger partial charge in [-0.05, 0) is 48.6 Å². The molecule has 2 aromatic rings. The first kappa shape index (κ1) is 16.4. The molecule has 5 nitrogen and oxygen atoms in total. The van der Waals surface area contributed by atoms with E-state index in [0.29, 0.717) is 5.75 Å². The lowest BCUT2D eigenvalue weighted by Crippen LogP contribution is -2.50. The number of ether oxygens (including phenoxy) is 1. The molecule has 0 bridgehead atoms. The Labute approximate surface area is 147 Å². The van der Waals surface area contributed by atoms with Crippen LogP contribution in [0.2, 0.25) is 0 Å². The van der Waals surface area contributed by atoms with Gasteiger partial charge in [-0.15, -0.1) is 0 Å². The zero-order valence-electron chi connectivity index (χ0n) is 13.6. The maximum Gasteiger partial charge on any atom is 0.173 e. The molecule has 1 heterocycles. The molecule has 1 saturated heterocycles. The number of thiocarbonyl (C=S) groups is 1. The molecule has 0 atom stereocenters. The standard InChI is InChI=1S/C18H21N3O2S/c1-23-15-8-6-14(7-9-15)19-18(24)21-12-10-20(11-13-21)16-4-2-3-5-17(16)22/h2-9,22H,10-13H2,1H3,(H,19,24). The van der Waals surface area contributed by atoms with Gasteiger partial charge in [0.1, 0.15) is 11.5 Å². The van der Waals surface area contributed by atoms with Crippen molar-refractivity contribution in [1.29, 1.82) is 0 Å². The summed E-state index contributed by atoms with van der Waals surface area (Å²) in [6, 6.07) is 15.1. The Bertz CT molecular complexity index is 698. The topological polar surface area (TPSA) is 48.0 Å². The number of anilines is 2. The van der Waals surface area contributed by atoms with Crippen LogP contribution in [0.25, 0.3) is 0 Å². The largest absolute Gasteiger partial charge is 0.506 e. The molecule has 0 amide bonds. The van der Waals surface area contributed by atoms with Crippen LogP contribution in [0.3, 0.4) is 0 Å². The molecule has 0 radical (unpaired) electrons. The van der Waals surface area contributed by atoms with E-state index in [9.17, 15) is 5.11 Å². The second kappa shape index (κ2) is 7.40. The van der Waals surface area contributed by atoms with Crippen LogP contribution in [0, 0.1) is 0 Å². The zero-order chi connectivity index (χ0) is 16.9. The first-order valence-electron chi connectivity index (χ1n) is 7.90. The number of hydrogen-bond donors (Lipinski definition) is 2. The fourth-order valence-corrected chi connectivity index (χ4v) is 3.06. The Morgan fingerprint density at radius 1 is 1.04 bits per heavy atom. The van der Waals surface area contributed by atoms with Crippen molar-refractivity contribution in [3.05, 3.63) is 48.5 Å². The molecule has 1 fully saturated rings. The summed E-state index contributed by atoms with van der Waals surface area (Å²) in [5.41, 5.74) is 1.83. The highest BCUT2D eigenvalue weighted by Gasteiger charge is 2.20. The minimum Gasteiger partial charge on any atom is -0.506 e. The molecule has 6 heteroatoms. The van der Waals surface area contributed by atoms with Crippen molar-refractivity contribution in [2.75, 3.05) is 43.5 Å². The van der Waals surface area contributed by atoms with Crippen molar-refractivity contribution in [3.63, 3.8) is 0 Å². The average Bonchev–Trinajstić information content (AvgIpc) is 2.63. The van der Waals surface area contributed by atoms with Crippen LogP contribution in [-0.4, -0.2) is 48.4 Å². The molecule has 3 rings (SSSR count). The van der Waals surface area contributed by atoms with E-state index in [2.05, 4.69) is 15.1 Å². The average molecular weight is 343 g/mol. The van der Waals surface area contributed by atoms with Crippen molar-refractivity contribution in [2.24, 2.45) is 0 Å². The van der Waals surface area contributed by atoms with Crippen LogP contribution in [0.4, 0.5) is 11.4 Å². The number of aromatic hydroxyl groups is 1. The second-order valence-corrected chi connectivity index (χ2v) is 6.01. The maximum atomic E-state index is 9.97. The molecule has 1 aliphatic rings. The summed E-state index contributed by atoms with van der Waals surface area (Å²) < 4.78 is 5.16. The number of methoxy groups -OCH3 is 1. The first-order chi connectivity index (χ1) is 11.7. The lowest BCUT2D eigenvalue weighted by molar-refractivity contribution is 0.387. The van der Waals surface area contributed by atoms with Gasteiger partial charge in [0.2, 0.25) is 0 Å². The van der Waals surface area contributed by atoms with Gasteiger partial charge in [0.15, 0.2) is 5.11 Å². The highest BCUT2D eigenvalue weighted by molar-refractivity contribution is 7.80. The van der Waals surface area contributed by atoms with E-state index in [-0.39, 0.29) is 0 Å². The smallest absolute Gasteiger partial charge is 0.173 e. The molecular formula is C18H21N3O2S. The predicted octanol–water partition coefficient (Wildman–Crippen LogP) is 2.92. The Morgan fingerprint density at radius 3 is 2.33 bits per heavy atom. The normalized spacial score (nSPS) is 14.4. The zero-order valence-corrected chi connectivity index (χ0v) is 14.4. The molecule has 2 aromatic carbocycles. The monoisotopic (exact) mass is 343 g/mol. The van der Waals surface area contributed by atoms with E-state index in [1.54, 1.807) is 13.2 Å². The number of piperazine rings is 1. The molecule has 0 aliphatic carbocycles.